The van der Waals surface area contributed by atoms with Crippen molar-refractivity contribution in [3.8, 4) is 0 Å². The SMILES string of the molecule is O=C(Nc1ccc2c(c1)CCCN2C(=O)c1ccccc1)c1ccc(S(=O)(=O)N2CCOCC2)cc1. The highest BCUT2D eigenvalue weighted by molar-refractivity contribution is 7.89. The maximum Gasteiger partial charge on any atom is 0.258 e. The molecule has 0 saturated carbocycles. The van der Waals surface area contributed by atoms with Gasteiger partial charge in [-0.05, 0) is 73.0 Å². The molecule has 0 spiro atoms. The second kappa shape index (κ2) is 10.2. The highest BCUT2D eigenvalue weighted by Gasteiger charge is 2.27. The summed E-state index contributed by atoms with van der Waals surface area (Å²) in [4.78, 5) is 27.8. The predicted molar refractivity (Wildman–Crippen MR) is 137 cm³/mol. The summed E-state index contributed by atoms with van der Waals surface area (Å²) in [6, 6.07) is 20.7. The van der Waals surface area contributed by atoms with E-state index in [0.717, 1.165) is 24.1 Å². The fourth-order valence-corrected chi connectivity index (χ4v) is 5.95. The maximum atomic E-state index is 13.0. The lowest BCUT2D eigenvalue weighted by Crippen LogP contribution is -2.40. The van der Waals surface area contributed by atoms with Crippen LogP contribution in [0.5, 0.6) is 0 Å². The van der Waals surface area contributed by atoms with Crippen molar-refractivity contribution < 1.29 is 22.7 Å². The molecular formula is C27H27N3O5S. The third-order valence-electron chi connectivity index (χ3n) is 6.45. The Morgan fingerprint density at radius 2 is 1.56 bits per heavy atom. The van der Waals surface area contributed by atoms with Gasteiger partial charge in [-0.3, -0.25) is 9.59 Å². The van der Waals surface area contributed by atoms with Crippen LogP contribution in [0.15, 0.2) is 77.7 Å². The Morgan fingerprint density at radius 3 is 2.28 bits per heavy atom. The number of carbonyl (C=O) groups excluding carboxylic acids is 2. The van der Waals surface area contributed by atoms with Gasteiger partial charge in [0.2, 0.25) is 10.0 Å². The van der Waals surface area contributed by atoms with Gasteiger partial charge in [0.25, 0.3) is 11.8 Å². The van der Waals surface area contributed by atoms with Crippen molar-refractivity contribution in [2.45, 2.75) is 17.7 Å². The Labute approximate surface area is 210 Å². The molecule has 36 heavy (non-hydrogen) atoms. The first-order valence-corrected chi connectivity index (χ1v) is 13.4. The van der Waals surface area contributed by atoms with Crippen LogP contribution in [0.3, 0.4) is 0 Å². The largest absolute Gasteiger partial charge is 0.379 e. The summed E-state index contributed by atoms with van der Waals surface area (Å²) in [7, 11) is -3.62. The molecule has 1 N–H and O–H groups in total. The van der Waals surface area contributed by atoms with E-state index in [1.54, 1.807) is 11.0 Å². The average molecular weight is 506 g/mol. The fourth-order valence-electron chi connectivity index (χ4n) is 4.54. The van der Waals surface area contributed by atoms with E-state index in [1.165, 1.54) is 28.6 Å². The van der Waals surface area contributed by atoms with Crippen molar-refractivity contribution in [2.24, 2.45) is 0 Å². The molecule has 2 aliphatic rings. The van der Waals surface area contributed by atoms with Gasteiger partial charge >= 0.3 is 0 Å². The number of sulfonamides is 1. The third-order valence-corrected chi connectivity index (χ3v) is 8.36. The third kappa shape index (κ3) is 4.90. The van der Waals surface area contributed by atoms with Crippen LogP contribution < -0.4 is 10.2 Å². The van der Waals surface area contributed by atoms with Crippen LogP contribution in [-0.2, 0) is 21.2 Å². The van der Waals surface area contributed by atoms with Crippen LogP contribution in [0.2, 0.25) is 0 Å². The smallest absolute Gasteiger partial charge is 0.258 e. The zero-order valence-corrected chi connectivity index (χ0v) is 20.5. The lowest BCUT2D eigenvalue weighted by Gasteiger charge is -2.30. The molecule has 3 aromatic carbocycles. The van der Waals surface area contributed by atoms with E-state index in [9.17, 15) is 18.0 Å². The summed E-state index contributed by atoms with van der Waals surface area (Å²) in [5.41, 5.74) is 3.47. The average Bonchev–Trinajstić information content (AvgIpc) is 2.93. The molecule has 2 amide bonds. The minimum atomic E-state index is -3.62. The number of amides is 2. The van der Waals surface area contributed by atoms with E-state index in [4.69, 9.17) is 4.74 Å². The molecule has 5 rings (SSSR count). The highest BCUT2D eigenvalue weighted by Crippen LogP contribution is 2.31. The normalized spacial score (nSPS) is 16.3. The second-order valence-electron chi connectivity index (χ2n) is 8.76. The molecule has 1 fully saturated rings. The molecule has 0 radical (unpaired) electrons. The molecular weight excluding hydrogens is 478 g/mol. The topological polar surface area (TPSA) is 96.0 Å². The minimum absolute atomic E-state index is 0.0412. The maximum absolute atomic E-state index is 13.0. The van der Waals surface area contributed by atoms with Gasteiger partial charge < -0.3 is 15.0 Å². The molecule has 0 atom stereocenters. The van der Waals surface area contributed by atoms with Crippen LogP contribution >= 0.6 is 0 Å². The molecule has 0 bridgehead atoms. The zero-order valence-electron chi connectivity index (χ0n) is 19.7. The molecule has 2 aliphatic heterocycles. The van der Waals surface area contributed by atoms with Crippen molar-refractivity contribution in [1.82, 2.24) is 4.31 Å². The summed E-state index contributed by atoms with van der Waals surface area (Å²) < 4.78 is 32.2. The number of aryl methyl sites for hydroxylation is 1. The number of benzene rings is 3. The van der Waals surface area contributed by atoms with Crippen molar-refractivity contribution in [1.29, 1.82) is 0 Å². The number of nitrogens with zero attached hydrogens (tertiary/aromatic N) is 2. The number of fused-ring (bicyclic) bond motifs is 1. The summed E-state index contributed by atoms with van der Waals surface area (Å²) in [5.74, 6) is -0.376. The van der Waals surface area contributed by atoms with E-state index < -0.39 is 10.0 Å². The molecule has 0 aliphatic carbocycles. The molecule has 0 aromatic heterocycles. The number of morpholine rings is 1. The summed E-state index contributed by atoms with van der Waals surface area (Å²) in [6.07, 6.45) is 1.65. The van der Waals surface area contributed by atoms with Gasteiger partial charge in [0.1, 0.15) is 0 Å². The summed E-state index contributed by atoms with van der Waals surface area (Å²) >= 11 is 0. The quantitative estimate of drug-likeness (QED) is 0.572. The minimum Gasteiger partial charge on any atom is -0.379 e. The van der Waals surface area contributed by atoms with Gasteiger partial charge in [-0.2, -0.15) is 4.31 Å². The van der Waals surface area contributed by atoms with Crippen molar-refractivity contribution in [2.75, 3.05) is 43.1 Å². The number of anilines is 2. The summed E-state index contributed by atoms with van der Waals surface area (Å²) in [5, 5.41) is 2.89. The van der Waals surface area contributed by atoms with Crippen molar-refractivity contribution >= 4 is 33.2 Å². The van der Waals surface area contributed by atoms with Crippen molar-refractivity contribution in [3.05, 3.63) is 89.5 Å². The second-order valence-corrected chi connectivity index (χ2v) is 10.7. The Balaban J connectivity index is 1.29. The number of ether oxygens (including phenoxy) is 1. The van der Waals surface area contributed by atoms with Crippen LogP contribution in [-0.4, -0.2) is 57.4 Å². The number of hydrogen-bond donors (Lipinski definition) is 1. The lowest BCUT2D eigenvalue weighted by molar-refractivity contribution is 0.0730. The number of carbonyl (C=O) groups is 2. The van der Waals surface area contributed by atoms with Crippen LogP contribution in [0.4, 0.5) is 11.4 Å². The molecule has 2 heterocycles. The monoisotopic (exact) mass is 505 g/mol. The van der Waals surface area contributed by atoms with Gasteiger partial charge in [0, 0.05) is 42.1 Å². The Hall–Kier alpha value is -3.53. The predicted octanol–water partition coefficient (Wildman–Crippen LogP) is 3.55. The van der Waals surface area contributed by atoms with Gasteiger partial charge in [0.05, 0.1) is 18.1 Å². The Bertz CT molecular complexity index is 1370. The summed E-state index contributed by atoms with van der Waals surface area (Å²) in [6.45, 7) is 2.03. The standard InChI is InChI=1S/C27H27N3O5S/c31-26(20-8-11-24(12-9-20)36(33,34)29-15-17-35-18-16-29)28-23-10-13-25-22(19-23)7-4-14-30(25)27(32)21-5-2-1-3-6-21/h1-3,5-6,8-13,19H,4,7,14-18H2,(H,28,31). The van der Waals surface area contributed by atoms with Crippen molar-refractivity contribution in [3.63, 3.8) is 0 Å². The Kier molecular flexibility index (Phi) is 6.86. The highest BCUT2D eigenvalue weighted by atomic mass is 32.2. The zero-order chi connectivity index (χ0) is 25.1. The molecule has 8 nitrogen and oxygen atoms in total. The number of nitrogens with one attached hydrogen (secondary N) is 1. The molecule has 0 unspecified atom stereocenters. The number of rotatable bonds is 5. The van der Waals surface area contributed by atoms with E-state index in [1.807, 2.05) is 42.5 Å². The van der Waals surface area contributed by atoms with Crippen LogP contribution in [0, 0.1) is 0 Å². The molecule has 1 saturated heterocycles. The van der Waals surface area contributed by atoms with Crippen LogP contribution in [0.25, 0.3) is 0 Å². The lowest BCUT2D eigenvalue weighted by atomic mass is 10.00. The first-order valence-electron chi connectivity index (χ1n) is 11.9. The van der Waals surface area contributed by atoms with E-state index in [2.05, 4.69) is 5.32 Å². The molecule has 186 valence electrons. The van der Waals surface area contributed by atoms with Gasteiger partial charge in [0.15, 0.2) is 0 Å². The molecule has 9 heteroatoms. The van der Waals surface area contributed by atoms with E-state index in [-0.39, 0.29) is 16.7 Å². The van der Waals surface area contributed by atoms with Gasteiger partial charge in [-0.1, -0.05) is 18.2 Å². The number of hydrogen-bond acceptors (Lipinski definition) is 5. The first-order chi connectivity index (χ1) is 17.4. The van der Waals surface area contributed by atoms with E-state index in [0.29, 0.717) is 49.7 Å². The van der Waals surface area contributed by atoms with E-state index >= 15 is 0 Å². The fraction of sp³-hybridized carbons (Fsp3) is 0.259. The van der Waals surface area contributed by atoms with Gasteiger partial charge in [-0.15, -0.1) is 0 Å². The molecule has 3 aromatic rings. The van der Waals surface area contributed by atoms with Gasteiger partial charge in [-0.25, -0.2) is 8.42 Å². The first kappa shape index (κ1) is 24.2. The van der Waals surface area contributed by atoms with Crippen LogP contribution in [0.1, 0.15) is 32.7 Å². The Morgan fingerprint density at radius 1 is 0.833 bits per heavy atom.